The zero-order valence-corrected chi connectivity index (χ0v) is 12.3. The van der Waals surface area contributed by atoms with Gasteiger partial charge in [-0.2, -0.15) is 13.2 Å². The van der Waals surface area contributed by atoms with Crippen LogP contribution < -0.4 is 9.80 Å². The number of nitrogens with zero attached hydrogens (tertiary/aromatic N) is 3. The summed E-state index contributed by atoms with van der Waals surface area (Å²) in [7, 11) is 1.76. The number of likely N-dealkylation sites (N-methyl/N-ethyl adjacent to an activating group) is 1. The zero-order chi connectivity index (χ0) is 15.9. The maximum Gasteiger partial charge on any atom is 0.405 e. The van der Waals surface area contributed by atoms with Crippen molar-refractivity contribution in [1.29, 1.82) is 0 Å². The van der Waals surface area contributed by atoms with E-state index < -0.39 is 12.7 Å². The average Bonchev–Trinajstić information content (AvgIpc) is 2.78. The van der Waals surface area contributed by atoms with Gasteiger partial charge in [-0.05, 0) is 18.6 Å². The van der Waals surface area contributed by atoms with Crippen LogP contribution in [0.5, 0.6) is 0 Å². The molecular weight excluding hydrogens is 295 g/mol. The number of hydrogen-bond donors (Lipinski definition) is 0. The smallest absolute Gasteiger partial charge is 0.359 e. The number of carbonyl (C=O) groups excluding carboxylic acids is 1. The number of alkyl halides is 3. The Morgan fingerprint density at radius 3 is 2.41 bits per heavy atom. The quantitative estimate of drug-likeness (QED) is 0.837. The number of fused-ring (bicyclic) bond motifs is 1. The fraction of sp³-hybridized carbons (Fsp3) is 0.533. The predicted octanol–water partition coefficient (Wildman–Crippen LogP) is 2.11. The Bertz CT molecular complexity index is 575. The van der Waals surface area contributed by atoms with Crippen molar-refractivity contribution in [3.05, 3.63) is 24.3 Å². The van der Waals surface area contributed by atoms with Crippen molar-refractivity contribution >= 4 is 17.3 Å². The molecular formula is C15H18F3N3O. The number of para-hydroxylation sites is 2. The summed E-state index contributed by atoms with van der Waals surface area (Å²) < 4.78 is 38.2. The van der Waals surface area contributed by atoms with Crippen molar-refractivity contribution in [2.24, 2.45) is 0 Å². The molecule has 0 saturated carbocycles. The monoisotopic (exact) mass is 313 g/mol. The summed E-state index contributed by atoms with van der Waals surface area (Å²) in [6, 6.07) is 6.75. The van der Waals surface area contributed by atoms with Gasteiger partial charge in [0.15, 0.2) is 0 Å². The molecule has 1 atom stereocenters. The second-order valence-corrected chi connectivity index (χ2v) is 5.78. The van der Waals surface area contributed by atoms with Gasteiger partial charge in [-0.15, -0.1) is 0 Å². The molecule has 1 saturated heterocycles. The van der Waals surface area contributed by atoms with E-state index in [0.29, 0.717) is 30.9 Å². The van der Waals surface area contributed by atoms with Gasteiger partial charge in [0.25, 0.3) is 0 Å². The molecule has 1 unspecified atom stereocenters. The first kappa shape index (κ1) is 15.0. The fourth-order valence-electron chi connectivity index (χ4n) is 3.24. The van der Waals surface area contributed by atoms with E-state index in [1.807, 2.05) is 4.90 Å². The largest absolute Gasteiger partial charge is 0.405 e. The van der Waals surface area contributed by atoms with E-state index >= 15 is 0 Å². The highest BCUT2D eigenvalue weighted by Crippen LogP contribution is 2.37. The number of rotatable bonds is 2. The van der Waals surface area contributed by atoms with Gasteiger partial charge in [0.05, 0.1) is 11.4 Å². The molecule has 4 nitrogen and oxygen atoms in total. The Labute approximate surface area is 127 Å². The molecule has 0 N–H and O–H groups in total. The Hall–Kier alpha value is -1.92. The Morgan fingerprint density at radius 2 is 1.82 bits per heavy atom. The Morgan fingerprint density at radius 1 is 1.14 bits per heavy atom. The number of hydrogen-bond acceptors (Lipinski definition) is 3. The van der Waals surface area contributed by atoms with Gasteiger partial charge in [0, 0.05) is 26.7 Å². The molecule has 3 rings (SSSR count). The van der Waals surface area contributed by atoms with Gasteiger partial charge in [0.1, 0.15) is 12.6 Å². The van der Waals surface area contributed by atoms with E-state index in [9.17, 15) is 18.0 Å². The first-order valence-electron chi connectivity index (χ1n) is 7.29. The van der Waals surface area contributed by atoms with Crippen LogP contribution in [0.25, 0.3) is 0 Å². The molecule has 0 bridgehead atoms. The third-order valence-corrected chi connectivity index (χ3v) is 4.29. The minimum atomic E-state index is -4.24. The number of benzene rings is 1. The molecule has 1 fully saturated rings. The van der Waals surface area contributed by atoms with E-state index in [1.165, 1.54) is 4.90 Å². The lowest BCUT2D eigenvalue weighted by Crippen LogP contribution is -2.50. The minimum Gasteiger partial charge on any atom is -0.359 e. The van der Waals surface area contributed by atoms with Gasteiger partial charge >= 0.3 is 6.18 Å². The molecule has 2 heterocycles. The van der Waals surface area contributed by atoms with Crippen LogP contribution in [0.1, 0.15) is 6.42 Å². The van der Waals surface area contributed by atoms with Crippen LogP contribution in [0.4, 0.5) is 24.5 Å². The third kappa shape index (κ3) is 2.71. The topological polar surface area (TPSA) is 26.8 Å². The molecule has 2 aliphatic heterocycles. The highest BCUT2D eigenvalue weighted by Gasteiger charge is 2.39. The van der Waals surface area contributed by atoms with Crippen LogP contribution >= 0.6 is 0 Å². The SMILES string of the molecule is CN1CCC(N2CCN(CC(F)(F)F)c3ccccc32)C1=O. The summed E-state index contributed by atoms with van der Waals surface area (Å²) in [4.78, 5) is 17.2. The van der Waals surface area contributed by atoms with Gasteiger partial charge in [-0.3, -0.25) is 4.79 Å². The number of carbonyl (C=O) groups is 1. The lowest BCUT2D eigenvalue weighted by Gasteiger charge is -2.41. The lowest BCUT2D eigenvalue weighted by atomic mass is 10.1. The molecule has 0 aliphatic carbocycles. The van der Waals surface area contributed by atoms with Crippen molar-refractivity contribution in [3.63, 3.8) is 0 Å². The second-order valence-electron chi connectivity index (χ2n) is 5.78. The Kier molecular flexibility index (Phi) is 3.66. The van der Waals surface area contributed by atoms with Crippen LogP contribution in [0, 0.1) is 0 Å². The summed E-state index contributed by atoms with van der Waals surface area (Å²) in [6.45, 7) is 0.423. The molecule has 0 spiro atoms. The van der Waals surface area contributed by atoms with Crippen LogP contribution in [0.2, 0.25) is 0 Å². The highest BCUT2D eigenvalue weighted by molar-refractivity contribution is 5.89. The van der Waals surface area contributed by atoms with Gasteiger partial charge in [-0.25, -0.2) is 0 Å². The molecule has 1 amide bonds. The molecule has 22 heavy (non-hydrogen) atoms. The first-order chi connectivity index (χ1) is 10.4. The van der Waals surface area contributed by atoms with Crippen LogP contribution in [-0.2, 0) is 4.79 Å². The van der Waals surface area contributed by atoms with Crippen LogP contribution in [0.3, 0.4) is 0 Å². The van der Waals surface area contributed by atoms with Gasteiger partial charge in [0.2, 0.25) is 5.91 Å². The van der Waals surface area contributed by atoms with E-state index in [-0.39, 0.29) is 18.5 Å². The zero-order valence-electron chi connectivity index (χ0n) is 12.3. The lowest BCUT2D eigenvalue weighted by molar-refractivity contribution is -0.127. The number of likely N-dealkylation sites (tertiary alicyclic amines) is 1. The molecule has 2 aliphatic rings. The average molecular weight is 313 g/mol. The molecule has 1 aromatic carbocycles. The summed E-state index contributed by atoms with van der Waals surface area (Å²) in [5.74, 6) is 0.0408. The number of anilines is 2. The summed E-state index contributed by atoms with van der Waals surface area (Å²) in [5.41, 5.74) is 1.26. The predicted molar refractivity (Wildman–Crippen MR) is 78.1 cm³/mol. The van der Waals surface area contributed by atoms with Crippen LogP contribution in [0.15, 0.2) is 24.3 Å². The standard InChI is InChI=1S/C15H18F3N3O/c1-19-7-6-13(14(19)22)21-9-8-20(10-15(16,17)18)11-4-2-3-5-12(11)21/h2-5,13H,6-10H2,1H3. The van der Waals surface area contributed by atoms with E-state index in [1.54, 1.807) is 36.2 Å². The van der Waals surface area contributed by atoms with Gasteiger partial charge in [-0.1, -0.05) is 12.1 Å². The van der Waals surface area contributed by atoms with Crippen molar-refractivity contribution in [3.8, 4) is 0 Å². The Balaban J connectivity index is 1.90. The maximum atomic E-state index is 12.7. The van der Waals surface area contributed by atoms with Gasteiger partial charge < -0.3 is 14.7 Å². The molecule has 120 valence electrons. The normalized spacial score (nSPS) is 22.3. The fourth-order valence-corrected chi connectivity index (χ4v) is 3.24. The van der Waals surface area contributed by atoms with Crippen molar-refractivity contribution in [2.75, 3.05) is 43.0 Å². The van der Waals surface area contributed by atoms with Crippen molar-refractivity contribution in [1.82, 2.24) is 4.90 Å². The molecule has 1 aromatic rings. The van der Waals surface area contributed by atoms with Crippen LogP contribution in [-0.4, -0.2) is 56.3 Å². The summed E-state index contributed by atoms with van der Waals surface area (Å²) in [5, 5.41) is 0. The first-order valence-corrected chi connectivity index (χ1v) is 7.29. The molecule has 0 radical (unpaired) electrons. The van der Waals surface area contributed by atoms with E-state index in [2.05, 4.69) is 0 Å². The molecule has 0 aromatic heterocycles. The third-order valence-electron chi connectivity index (χ3n) is 4.29. The van der Waals surface area contributed by atoms with E-state index in [0.717, 1.165) is 0 Å². The minimum absolute atomic E-state index is 0.0408. The number of amides is 1. The summed E-state index contributed by atoms with van der Waals surface area (Å²) in [6.07, 6.45) is -3.53. The number of halogens is 3. The molecule has 7 heteroatoms. The highest BCUT2D eigenvalue weighted by atomic mass is 19.4. The maximum absolute atomic E-state index is 12.7. The van der Waals surface area contributed by atoms with E-state index in [4.69, 9.17) is 0 Å². The van der Waals surface area contributed by atoms with Crippen molar-refractivity contribution < 1.29 is 18.0 Å². The van der Waals surface area contributed by atoms with Crippen molar-refractivity contribution in [2.45, 2.75) is 18.6 Å². The second kappa shape index (κ2) is 5.37. The summed E-state index contributed by atoms with van der Waals surface area (Å²) >= 11 is 0.